The third-order valence-electron chi connectivity index (χ3n) is 4.74. The summed E-state index contributed by atoms with van der Waals surface area (Å²) in [5.74, 6) is 0.431. The van der Waals surface area contributed by atoms with E-state index in [2.05, 4.69) is 14.9 Å². The molecule has 0 bridgehead atoms. The van der Waals surface area contributed by atoms with Crippen LogP contribution < -0.4 is 4.90 Å². The molecule has 140 valence electrons. The van der Waals surface area contributed by atoms with Crippen molar-refractivity contribution in [1.29, 1.82) is 0 Å². The molecule has 4 rings (SSSR count). The first kappa shape index (κ1) is 17.9. The third kappa shape index (κ3) is 4.43. The summed E-state index contributed by atoms with van der Waals surface area (Å²) < 4.78 is 20.5. The largest absolute Gasteiger partial charge is 0.414 e. The number of nitrogens with zero attached hydrogens (tertiary/aromatic N) is 4. The number of hydrogen-bond donors (Lipinski definition) is 0. The first-order valence-corrected chi connectivity index (χ1v) is 9.42. The Balaban J connectivity index is 1.35. The molecule has 27 heavy (non-hydrogen) atoms. The summed E-state index contributed by atoms with van der Waals surface area (Å²) in [4.78, 5) is 4.96. The van der Waals surface area contributed by atoms with Gasteiger partial charge in [0, 0.05) is 31.9 Å². The Morgan fingerprint density at radius 2 is 1.67 bits per heavy atom. The van der Waals surface area contributed by atoms with Crippen LogP contribution in [0.2, 0.25) is 0 Å². The van der Waals surface area contributed by atoms with Crippen LogP contribution in [-0.4, -0.2) is 40.9 Å². The van der Waals surface area contributed by atoms with E-state index in [-0.39, 0.29) is 5.82 Å². The van der Waals surface area contributed by atoms with Crippen molar-refractivity contribution in [2.24, 2.45) is 0 Å². The molecule has 1 aliphatic rings. The molecule has 0 spiro atoms. The Hall–Kier alpha value is -2.51. The molecule has 0 aliphatic carbocycles. The molecule has 5 nitrogen and oxygen atoms in total. The van der Waals surface area contributed by atoms with Crippen molar-refractivity contribution < 1.29 is 8.81 Å². The van der Waals surface area contributed by atoms with Crippen molar-refractivity contribution in [3.8, 4) is 0 Å². The summed E-state index contributed by atoms with van der Waals surface area (Å²) in [5, 5.41) is 4.53. The summed E-state index contributed by atoms with van der Waals surface area (Å²) >= 11 is 5.33. The number of piperazine rings is 1. The fourth-order valence-electron chi connectivity index (χ4n) is 3.27. The second-order valence-corrected chi connectivity index (χ2v) is 7.00. The maximum Gasteiger partial charge on any atom is 0.288 e. The molecule has 1 saturated heterocycles. The monoisotopic (exact) mass is 384 g/mol. The first-order valence-electron chi connectivity index (χ1n) is 9.01. The zero-order chi connectivity index (χ0) is 18.6. The Bertz CT molecular complexity index is 931. The predicted octanol–water partition coefficient (Wildman–Crippen LogP) is 3.72. The van der Waals surface area contributed by atoms with Crippen molar-refractivity contribution in [2.75, 3.05) is 31.1 Å². The Morgan fingerprint density at radius 1 is 0.963 bits per heavy atom. The van der Waals surface area contributed by atoms with Crippen molar-refractivity contribution >= 4 is 17.9 Å². The lowest BCUT2D eigenvalue weighted by Gasteiger charge is -2.35. The van der Waals surface area contributed by atoms with Crippen LogP contribution in [0.25, 0.3) is 0 Å². The fourth-order valence-corrected chi connectivity index (χ4v) is 3.46. The van der Waals surface area contributed by atoms with Gasteiger partial charge in [-0.3, -0.25) is 4.90 Å². The van der Waals surface area contributed by atoms with Gasteiger partial charge in [0.25, 0.3) is 4.84 Å². The Kier molecular flexibility index (Phi) is 5.31. The predicted molar refractivity (Wildman–Crippen MR) is 105 cm³/mol. The highest BCUT2D eigenvalue weighted by Gasteiger charge is 2.18. The lowest BCUT2D eigenvalue weighted by atomic mass is 10.2. The van der Waals surface area contributed by atoms with E-state index in [9.17, 15) is 4.39 Å². The van der Waals surface area contributed by atoms with Crippen LogP contribution in [0.3, 0.4) is 0 Å². The van der Waals surface area contributed by atoms with E-state index in [0.717, 1.165) is 37.4 Å². The molecule has 0 radical (unpaired) electrons. The molecule has 2 heterocycles. The van der Waals surface area contributed by atoms with Crippen LogP contribution in [0.15, 0.2) is 59.0 Å². The van der Waals surface area contributed by atoms with E-state index >= 15 is 0 Å². The van der Waals surface area contributed by atoms with Crippen LogP contribution in [0, 0.1) is 10.7 Å². The first-order chi connectivity index (χ1) is 13.2. The van der Waals surface area contributed by atoms with Gasteiger partial charge in [0.05, 0.1) is 13.1 Å². The molecule has 7 heteroatoms. The maximum absolute atomic E-state index is 13.1. The minimum absolute atomic E-state index is 0.205. The second kappa shape index (κ2) is 8.02. The second-order valence-electron chi connectivity index (χ2n) is 6.65. The highest BCUT2D eigenvalue weighted by Crippen LogP contribution is 2.17. The Labute approximate surface area is 162 Å². The molecule has 0 saturated carbocycles. The quantitative estimate of drug-likeness (QED) is 0.627. The van der Waals surface area contributed by atoms with Gasteiger partial charge in [-0.2, -0.15) is 0 Å². The van der Waals surface area contributed by atoms with E-state index in [4.69, 9.17) is 16.6 Å². The zero-order valence-electron chi connectivity index (χ0n) is 14.9. The maximum atomic E-state index is 13.1. The summed E-state index contributed by atoms with van der Waals surface area (Å²) in [6.45, 7) is 4.16. The van der Waals surface area contributed by atoms with E-state index in [1.807, 2.05) is 42.5 Å². The SMILES string of the molecule is Fc1ccc(N2CCN(Cn3nc(Cc4ccccc4)oc3=S)CC2)cc1. The molecule has 3 aromatic rings. The number of hydrogen-bond acceptors (Lipinski definition) is 5. The minimum Gasteiger partial charge on any atom is -0.414 e. The van der Waals surface area contributed by atoms with Crippen LogP contribution in [0.5, 0.6) is 0 Å². The summed E-state index contributed by atoms with van der Waals surface area (Å²) in [5.41, 5.74) is 2.20. The smallest absolute Gasteiger partial charge is 0.288 e. The molecule has 2 aromatic carbocycles. The van der Waals surface area contributed by atoms with Crippen molar-refractivity contribution in [2.45, 2.75) is 13.1 Å². The molecular weight excluding hydrogens is 363 g/mol. The zero-order valence-corrected chi connectivity index (χ0v) is 15.7. The van der Waals surface area contributed by atoms with Gasteiger partial charge in [-0.25, -0.2) is 9.07 Å². The van der Waals surface area contributed by atoms with Gasteiger partial charge >= 0.3 is 0 Å². The van der Waals surface area contributed by atoms with Gasteiger partial charge in [-0.15, -0.1) is 5.10 Å². The number of halogens is 1. The highest BCUT2D eigenvalue weighted by molar-refractivity contribution is 7.71. The lowest BCUT2D eigenvalue weighted by molar-refractivity contribution is 0.192. The van der Waals surface area contributed by atoms with Crippen LogP contribution in [-0.2, 0) is 13.1 Å². The van der Waals surface area contributed by atoms with Crippen LogP contribution >= 0.6 is 12.2 Å². The molecule has 1 aromatic heterocycles. The number of rotatable bonds is 5. The molecule has 0 unspecified atom stereocenters. The molecule has 0 atom stereocenters. The summed E-state index contributed by atoms with van der Waals surface area (Å²) in [6, 6.07) is 16.8. The molecule has 1 aliphatic heterocycles. The van der Waals surface area contributed by atoms with E-state index in [1.54, 1.807) is 4.68 Å². The summed E-state index contributed by atoms with van der Waals surface area (Å²) in [7, 11) is 0. The molecular formula is C20H21FN4OS. The molecule has 1 fully saturated rings. The van der Waals surface area contributed by atoms with Gasteiger partial charge in [0.1, 0.15) is 5.82 Å². The van der Waals surface area contributed by atoms with E-state index < -0.39 is 0 Å². The normalized spacial score (nSPS) is 15.2. The van der Waals surface area contributed by atoms with Crippen LogP contribution in [0.1, 0.15) is 11.5 Å². The third-order valence-corrected chi connectivity index (χ3v) is 5.04. The van der Waals surface area contributed by atoms with Gasteiger partial charge in [0.15, 0.2) is 0 Å². The molecule has 0 amide bonds. The highest BCUT2D eigenvalue weighted by atomic mass is 32.1. The summed E-state index contributed by atoms with van der Waals surface area (Å²) in [6.07, 6.45) is 0.635. The minimum atomic E-state index is -0.205. The number of anilines is 1. The Morgan fingerprint density at radius 3 is 2.37 bits per heavy atom. The average molecular weight is 384 g/mol. The van der Waals surface area contributed by atoms with Gasteiger partial charge in [-0.1, -0.05) is 30.3 Å². The topological polar surface area (TPSA) is 37.4 Å². The van der Waals surface area contributed by atoms with E-state index in [1.165, 1.54) is 12.1 Å². The lowest BCUT2D eigenvalue weighted by Crippen LogP contribution is -2.47. The van der Waals surface area contributed by atoms with Gasteiger partial charge in [0.2, 0.25) is 5.89 Å². The van der Waals surface area contributed by atoms with E-state index in [0.29, 0.717) is 23.8 Å². The molecule has 0 N–H and O–H groups in total. The number of aromatic nitrogens is 2. The van der Waals surface area contributed by atoms with Crippen molar-refractivity contribution in [1.82, 2.24) is 14.7 Å². The van der Waals surface area contributed by atoms with Gasteiger partial charge < -0.3 is 9.32 Å². The van der Waals surface area contributed by atoms with Crippen molar-refractivity contribution in [3.05, 3.63) is 76.7 Å². The standard InChI is InChI=1S/C20H21FN4OS/c21-17-6-8-18(9-7-17)24-12-10-23(11-13-24)15-25-20(27)26-19(22-25)14-16-4-2-1-3-5-16/h1-9H,10-15H2. The van der Waals surface area contributed by atoms with Crippen LogP contribution in [0.4, 0.5) is 10.1 Å². The van der Waals surface area contributed by atoms with Gasteiger partial charge in [-0.05, 0) is 42.0 Å². The fraction of sp³-hybridized carbons (Fsp3) is 0.300. The average Bonchev–Trinajstić information content (AvgIpc) is 3.03. The number of benzene rings is 2. The van der Waals surface area contributed by atoms with Crippen molar-refractivity contribution in [3.63, 3.8) is 0 Å².